The summed E-state index contributed by atoms with van der Waals surface area (Å²) in [6.07, 6.45) is 9.42. The lowest BCUT2D eigenvalue weighted by Crippen LogP contribution is -2.32. The Hall–Kier alpha value is -2.32. The zero-order valence-electron chi connectivity index (χ0n) is 14.6. The third-order valence-electron chi connectivity index (χ3n) is 4.90. The van der Waals surface area contributed by atoms with E-state index >= 15 is 0 Å². The Morgan fingerprint density at radius 1 is 1.27 bits per heavy atom. The summed E-state index contributed by atoms with van der Waals surface area (Å²) in [6, 6.07) is 0. The van der Waals surface area contributed by atoms with E-state index in [1.165, 1.54) is 18.0 Å². The summed E-state index contributed by atoms with van der Waals surface area (Å²) >= 11 is 0. The quantitative estimate of drug-likeness (QED) is 0.863. The lowest BCUT2D eigenvalue weighted by Gasteiger charge is -2.22. The van der Waals surface area contributed by atoms with Crippen molar-refractivity contribution in [2.75, 3.05) is 26.4 Å². The molecule has 1 saturated heterocycles. The van der Waals surface area contributed by atoms with Crippen molar-refractivity contribution >= 4 is 5.91 Å². The van der Waals surface area contributed by atoms with Crippen molar-refractivity contribution in [3.8, 4) is 0 Å². The van der Waals surface area contributed by atoms with Gasteiger partial charge in [-0.1, -0.05) is 0 Å². The predicted molar refractivity (Wildman–Crippen MR) is 92.5 cm³/mol. The number of hydrogen-bond acceptors (Lipinski definition) is 6. The number of amides is 1. The minimum absolute atomic E-state index is 0.227. The van der Waals surface area contributed by atoms with Crippen LogP contribution in [-0.4, -0.2) is 52.0 Å². The third-order valence-corrected chi connectivity index (χ3v) is 4.90. The van der Waals surface area contributed by atoms with Crippen LogP contribution in [0.4, 0.5) is 0 Å². The van der Waals surface area contributed by atoms with E-state index in [0.29, 0.717) is 24.8 Å². The molecule has 1 amide bonds. The number of fused-ring (bicyclic) bond motifs is 1. The van der Waals surface area contributed by atoms with Crippen LogP contribution in [0.1, 0.15) is 40.7 Å². The maximum Gasteiger partial charge on any atom is 0.271 e. The molecule has 0 spiro atoms. The Kier molecular flexibility index (Phi) is 5.21. The van der Waals surface area contributed by atoms with Gasteiger partial charge in [-0.2, -0.15) is 5.10 Å². The fourth-order valence-corrected chi connectivity index (χ4v) is 3.47. The molecular weight excluding hydrogens is 334 g/mol. The fraction of sp³-hybridized carbons (Fsp3) is 0.556. The normalized spacial score (nSPS) is 20.5. The SMILES string of the molecule is O=C(NC[C@H]1OCCc2cn(CC3CCOCC3)nc21)c1cnccn1. The van der Waals surface area contributed by atoms with E-state index < -0.39 is 0 Å². The second kappa shape index (κ2) is 7.92. The van der Waals surface area contributed by atoms with E-state index in [2.05, 4.69) is 21.5 Å². The first-order chi connectivity index (χ1) is 12.8. The molecule has 1 N–H and O–H groups in total. The molecule has 138 valence electrons. The van der Waals surface area contributed by atoms with Crippen molar-refractivity contribution < 1.29 is 14.3 Å². The van der Waals surface area contributed by atoms with Gasteiger partial charge in [0.2, 0.25) is 0 Å². The first kappa shape index (κ1) is 17.1. The molecule has 1 fully saturated rings. The smallest absolute Gasteiger partial charge is 0.271 e. The summed E-state index contributed by atoms with van der Waals surface area (Å²) < 4.78 is 13.3. The Morgan fingerprint density at radius 3 is 2.96 bits per heavy atom. The predicted octanol–water partition coefficient (Wildman–Crippen LogP) is 1.14. The maximum absolute atomic E-state index is 12.2. The second-order valence-corrected chi connectivity index (χ2v) is 6.73. The van der Waals surface area contributed by atoms with Gasteiger partial charge in [-0.15, -0.1) is 0 Å². The molecule has 2 aromatic heterocycles. The molecule has 4 rings (SSSR count). The van der Waals surface area contributed by atoms with Gasteiger partial charge in [0.15, 0.2) is 0 Å². The van der Waals surface area contributed by atoms with Gasteiger partial charge in [0, 0.05) is 44.9 Å². The van der Waals surface area contributed by atoms with Gasteiger partial charge in [-0.05, 0) is 30.7 Å². The lowest BCUT2D eigenvalue weighted by atomic mass is 10.0. The van der Waals surface area contributed by atoms with E-state index in [1.807, 2.05) is 4.68 Å². The van der Waals surface area contributed by atoms with E-state index in [1.54, 1.807) is 6.20 Å². The van der Waals surface area contributed by atoms with Crippen LogP contribution in [0.2, 0.25) is 0 Å². The van der Waals surface area contributed by atoms with Gasteiger partial charge in [0.25, 0.3) is 5.91 Å². The number of hydrogen-bond donors (Lipinski definition) is 1. The minimum Gasteiger partial charge on any atom is -0.381 e. The first-order valence-corrected chi connectivity index (χ1v) is 9.09. The summed E-state index contributed by atoms with van der Waals surface area (Å²) in [6.45, 7) is 3.60. The number of ether oxygens (including phenoxy) is 2. The monoisotopic (exact) mass is 357 g/mol. The maximum atomic E-state index is 12.2. The molecule has 8 heteroatoms. The van der Waals surface area contributed by atoms with Crippen molar-refractivity contribution in [1.29, 1.82) is 0 Å². The number of carbonyl (C=O) groups is 1. The molecule has 0 bridgehead atoms. The van der Waals surface area contributed by atoms with Crippen LogP contribution in [0.15, 0.2) is 24.8 Å². The molecule has 8 nitrogen and oxygen atoms in total. The van der Waals surface area contributed by atoms with Crippen molar-refractivity contribution in [2.24, 2.45) is 5.92 Å². The number of nitrogens with zero attached hydrogens (tertiary/aromatic N) is 4. The molecular formula is C18H23N5O3. The topological polar surface area (TPSA) is 91.2 Å². The number of aromatic nitrogens is 4. The molecule has 4 heterocycles. The zero-order chi connectivity index (χ0) is 17.8. The molecule has 2 aromatic rings. The van der Waals surface area contributed by atoms with Crippen LogP contribution in [0.5, 0.6) is 0 Å². The standard InChI is InChI=1S/C18H23N5O3/c24-18(15-9-19-4-5-20-15)21-10-16-17-14(3-8-26-16)12-23(22-17)11-13-1-6-25-7-2-13/h4-5,9,12-13,16H,1-3,6-8,10-11H2,(H,21,24)/t16-/m1/s1. The summed E-state index contributed by atoms with van der Waals surface area (Å²) in [5.74, 6) is 0.358. The van der Waals surface area contributed by atoms with Crippen LogP contribution in [-0.2, 0) is 22.4 Å². The van der Waals surface area contributed by atoms with Crippen molar-refractivity contribution in [3.05, 3.63) is 41.7 Å². The van der Waals surface area contributed by atoms with Crippen LogP contribution < -0.4 is 5.32 Å². The van der Waals surface area contributed by atoms with E-state index in [0.717, 1.165) is 44.7 Å². The molecule has 0 saturated carbocycles. The molecule has 1 atom stereocenters. The van der Waals surface area contributed by atoms with Gasteiger partial charge >= 0.3 is 0 Å². The summed E-state index contributed by atoms with van der Waals surface area (Å²) in [5.41, 5.74) is 2.44. The van der Waals surface area contributed by atoms with Crippen LogP contribution in [0.3, 0.4) is 0 Å². The Balaban J connectivity index is 1.39. The van der Waals surface area contributed by atoms with Crippen LogP contribution in [0.25, 0.3) is 0 Å². The highest BCUT2D eigenvalue weighted by molar-refractivity contribution is 5.91. The van der Waals surface area contributed by atoms with Gasteiger partial charge < -0.3 is 14.8 Å². The molecule has 2 aliphatic heterocycles. The zero-order valence-corrected chi connectivity index (χ0v) is 14.6. The molecule has 2 aliphatic rings. The summed E-state index contributed by atoms with van der Waals surface area (Å²) in [5, 5.41) is 7.62. The highest BCUT2D eigenvalue weighted by Crippen LogP contribution is 2.26. The van der Waals surface area contributed by atoms with Crippen LogP contribution >= 0.6 is 0 Å². The second-order valence-electron chi connectivity index (χ2n) is 6.73. The summed E-state index contributed by atoms with van der Waals surface area (Å²) in [7, 11) is 0. The number of carbonyl (C=O) groups excluding carboxylic acids is 1. The van der Waals surface area contributed by atoms with Crippen LogP contribution in [0, 0.1) is 5.92 Å². The van der Waals surface area contributed by atoms with E-state index in [-0.39, 0.29) is 12.0 Å². The third kappa shape index (κ3) is 3.91. The molecule has 0 unspecified atom stereocenters. The minimum atomic E-state index is -0.254. The fourth-order valence-electron chi connectivity index (χ4n) is 3.47. The highest BCUT2D eigenvalue weighted by Gasteiger charge is 2.26. The summed E-state index contributed by atoms with van der Waals surface area (Å²) in [4.78, 5) is 20.1. The van der Waals surface area contributed by atoms with Crippen molar-refractivity contribution in [3.63, 3.8) is 0 Å². The first-order valence-electron chi connectivity index (χ1n) is 9.09. The van der Waals surface area contributed by atoms with E-state index in [4.69, 9.17) is 14.6 Å². The molecule has 0 aromatic carbocycles. The lowest BCUT2D eigenvalue weighted by molar-refractivity contribution is 0.0378. The number of nitrogens with one attached hydrogen (secondary N) is 1. The van der Waals surface area contributed by atoms with Gasteiger partial charge in [-0.3, -0.25) is 14.5 Å². The van der Waals surface area contributed by atoms with Gasteiger partial charge in [0.05, 0.1) is 18.5 Å². The average molecular weight is 357 g/mol. The Labute approximate surface area is 151 Å². The molecule has 26 heavy (non-hydrogen) atoms. The molecule has 0 radical (unpaired) electrons. The average Bonchev–Trinajstić information content (AvgIpc) is 3.10. The number of rotatable bonds is 5. The van der Waals surface area contributed by atoms with Gasteiger partial charge in [0.1, 0.15) is 11.8 Å². The Morgan fingerprint density at radius 2 is 2.15 bits per heavy atom. The molecule has 0 aliphatic carbocycles. The van der Waals surface area contributed by atoms with Gasteiger partial charge in [-0.25, -0.2) is 4.98 Å². The Bertz CT molecular complexity index is 743. The van der Waals surface area contributed by atoms with Crippen molar-refractivity contribution in [2.45, 2.75) is 31.9 Å². The van der Waals surface area contributed by atoms with E-state index in [9.17, 15) is 4.79 Å². The largest absolute Gasteiger partial charge is 0.381 e. The highest BCUT2D eigenvalue weighted by atomic mass is 16.5. The van der Waals surface area contributed by atoms with Crippen molar-refractivity contribution in [1.82, 2.24) is 25.1 Å².